The number of likely N-dealkylation sites (tertiary alicyclic amines) is 1. The molecular formula is C25H34N4O4S2. The van der Waals surface area contributed by atoms with Crippen LogP contribution in [-0.4, -0.2) is 75.7 Å². The van der Waals surface area contributed by atoms with Gasteiger partial charge in [-0.25, -0.2) is 8.42 Å². The number of aryl methyl sites for hydroxylation is 1. The molecule has 2 aliphatic heterocycles. The normalized spacial score (nSPS) is 20.7. The quantitative estimate of drug-likeness (QED) is 0.413. The van der Waals surface area contributed by atoms with Crippen LogP contribution in [0.2, 0.25) is 0 Å². The van der Waals surface area contributed by atoms with Gasteiger partial charge >= 0.3 is 0 Å². The smallest absolute Gasteiger partial charge is 0.283 e. The zero-order valence-corrected chi connectivity index (χ0v) is 22.2. The van der Waals surface area contributed by atoms with Gasteiger partial charge < -0.3 is 4.90 Å². The molecule has 2 aromatic rings. The number of rotatable bonds is 7. The fraction of sp³-hybridized carbons (Fsp3) is 0.480. The monoisotopic (exact) mass is 518 g/mol. The van der Waals surface area contributed by atoms with Crippen molar-refractivity contribution in [3.63, 3.8) is 0 Å². The summed E-state index contributed by atoms with van der Waals surface area (Å²) in [5, 5.41) is 0. The minimum absolute atomic E-state index is 0.0816. The first-order chi connectivity index (χ1) is 16.6. The molecule has 10 heteroatoms. The molecule has 0 aliphatic carbocycles. The van der Waals surface area contributed by atoms with E-state index in [2.05, 4.69) is 9.30 Å². The van der Waals surface area contributed by atoms with Crippen molar-refractivity contribution in [3.05, 3.63) is 60.2 Å². The molecular weight excluding hydrogens is 484 g/mol. The Bertz CT molecular complexity index is 1250. The molecule has 0 amide bonds. The number of hydrogen-bond acceptors (Lipinski definition) is 5. The molecule has 4 rings (SSSR count). The van der Waals surface area contributed by atoms with Crippen molar-refractivity contribution in [1.29, 1.82) is 0 Å². The molecule has 1 unspecified atom stereocenters. The SMILES string of the molecule is Cc1ccc(S(=O)(=O)N=C(CN2CCCC2)N2CCN(S(=O)(=O)c3ccccc3)C2C(C)C)cc1. The molecule has 1 atom stereocenters. The number of benzene rings is 2. The van der Waals surface area contributed by atoms with Gasteiger partial charge in [0, 0.05) is 13.1 Å². The Labute approximate surface area is 209 Å². The summed E-state index contributed by atoms with van der Waals surface area (Å²) in [4.78, 5) is 4.44. The topological polar surface area (TPSA) is 90.4 Å². The van der Waals surface area contributed by atoms with Gasteiger partial charge in [-0.2, -0.15) is 12.7 Å². The van der Waals surface area contributed by atoms with E-state index >= 15 is 0 Å². The van der Waals surface area contributed by atoms with E-state index in [1.54, 1.807) is 54.6 Å². The molecule has 2 aromatic carbocycles. The molecule has 0 radical (unpaired) electrons. The lowest BCUT2D eigenvalue weighted by Crippen LogP contribution is -2.50. The Morgan fingerprint density at radius 3 is 2.11 bits per heavy atom. The largest absolute Gasteiger partial charge is 0.340 e. The Morgan fingerprint density at radius 2 is 1.51 bits per heavy atom. The van der Waals surface area contributed by atoms with Gasteiger partial charge in [0.15, 0.2) is 0 Å². The van der Waals surface area contributed by atoms with E-state index in [1.165, 1.54) is 4.31 Å². The van der Waals surface area contributed by atoms with E-state index in [0.717, 1.165) is 31.5 Å². The fourth-order valence-electron chi connectivity index (χ4n) is 4.81. The van der Waals surface area contributed by atoms with Crippen LogP contribution < -0.4 is 0 Å². The lowest BCUT2D eigenvalue weighted by molar-refractivity contribution is 0.205. The molecule has 0 aromatic heterocycles. The zero-order chi connectivity index (χ0) is 25.2. The van der Waals surface area contributed by atoms with Gasteiger partial charge in [-0.3, -0.25) is 4.90 Å². The van der Waals surface area contributed by atoms with Crippen molar-refractivity contribution in [2.24, 2.45) is 10.3 Å². The van der Waals surface area contributed by atoms with Crippen LogP contribution in [0.3, 0.4) is 0 Å². The lowest BCUT2D eigenvalue weighted by atomic mass is 10.1. The predicted molar refractivity (Wildman–Crippen MR) is 137 cm³/mol. The van der Waals surface area contributed by atoms with E-state index in [4.69, 9.17) is 0 Å². The zero-order valence-electron chi connectivity index (χ0n) is 20.5. The van der Waals surface area contributed by atoms with Crippen molar-refractivity contribution in [3.8, 4) is 0 Å². The molecule has 0 saturated carbocycles. The van der Waals surface area contributed by atoms with Gasteiger partial charge in [-0.15, -0.1) is 4.40 Å². The molecule has 0 spiro atoms. The fourth-order valence-corrected chi connectivity index (χ4v) is 7.57. The molecule has 8 nitrogen and oxygen atoms in total. The molecule has 2 saturated heterocycles. The van der Waals surface area contributed by atoms with Crippen LogP contribution in [0.5, 0.6) is 0 Å². The second-order valence-electron chi connectivity index (χ2n) is 9.56. The first kappa shape index (κ1) is 25.8. The van der Waals surface area contributed by atoms with Crippen molar-refractivity contribution < 1.29 is 16.8 Å². The van der Waals surface area contributed by atoms with Crippen LogP contribution >= 0.6 is 0 Å². The third-order valence-corrected chi connectivity index (χ3v) is 9.76. The molecule has 35 heavy (non-hydrogen) atoms. The highest BCUT2D eigenvalue weighted by Crippen LogP contribution is 2.30. The summed E-state index contributed by atoms with van der Waals surface area (Å²) in [6, 6.07) is 15.0. The highest BCUT2D eigenvalue weighted by Gasteiger charge is 2.43. The molecule has 2 fully saturated rings. The van der Waals surface area contributed by atoms with Gasteiger partial charge in [-0.1, -0.05) is 49.7 Å². The second-order valence-corrected chi connectivity index (χ2v) is 13.1. The van der Waals surface area contributed by atoms with Gasteiger partial charge in [0.25, 0.3) is 10.0 Å². The van der Waals surface area contributed by atoms with Crippen LogP contribution in [0.25, 0.3) is 0 Å². The summed E-state index contributed by atoms with van der Waals surface area (Å²) in [5.74, 6) is 0.318. The number of nitrogens with zero attached hydrogens (tertiary/aromatic N) is 4. The van der Waals surface area contributed by atoms with Crippen LogP contribution in [-0.2, 0) is 20.0 Å². The highest BCUT2D eigenvalue weighted by atomic mass is 32.2. The van der Waals surface area contributed by atoms with Gasteiger partial charge in [0.2, 0.25) is 10.0 Å². The molecule has 2 heterocycles. The maximum Gasteiger partial charge on any atom is 0.283 e. The minimum atomic E-state index is -3.96. The Kier molecular flexibility index (Phi) is 7.65. The molecule has 190 valence electrons. The summed E-state index contributed by atoms with van der Waals surface area (Å²) >= 11 is 0. The summed E-state index contributed by atoms with van der Waals surface area (Å²) in [5.41, 5.74) is 0.964. The first-order valence-corrected chi connectivity index (χ1v) is 14.9. The standard InChI is InChI=1S/C25H34N4O4S2/c1-20(2)25-28(17-18-29(25)35(32,33)23-9-5-4-6-10-23)24(19-27-15-7-8-16-27)26-34(30,31)22-13-11-21(3)12-14-22/h4-6,9-14,20,25H,7-8,15-19H2,1-3H3. The van der Waals surface area contributed by atoms with Crippen molar-refractivity contribution in [2.75, 3.05) is 32.7 Å². The number of hydrogen-bond donors (Lipinski definition) is 0. The van der Waals surface area contributed by atoms with Crippen molar-refractivity contribution in [1.82, 2.24) is 14.1 Å². The van der Waals surface area contributed by atoms with Gasteiger partial charge in [-0.05, 0) is 63.0 Å². The van der Waals surface area contributed by atoms with Gasteiger partial charge in [0.1, 0.15) is 5.84 Å². The minimum Gasteiger partial charge on any atom is -0.340 e. The average Bonchev–Trinajstić information content (AvgIpc) is 3.50. The van der Waals surface area contributed by atoms with E-state index < -0.39 is 26.2 Å². The predicted octanol–water partition coefficient (Wildman–Crippen LogP) is 3.17. The third kappa shape index (κ3) is 5.61. The van der Waals surface area contributed by atoms with Crippen molar-refractivity contribution in [2.45, 2.75) is 49.6 Å². The highest BCUT2D eigenvalue weighted by molar-refractivity contribution is 7.90. The summed E-state index contributed by atoms with van der Waals surface area (Å²) in [7, 11) is -7.71. The molecule has 0 N–H and O–H groups in total. The Morgan fingerprint density at radius 1 is 0.886 bits per heavy atom. The lowest BCUT2D eigenvalue weighted by Gasteiger charge is -2.35. The van der Waals surface area contributed by atoms with E-state index in [1.807, 2.05) is 25.7 Å². The van der Waals surface area contributed by atoms with E-state index in [0.29, 0.717) is 18.9 Å². The molecule has 0 bridgehead atoms. The number of sulfonamides is 2. The third-order valence-electron chi connectivity index (χ3n) is 6.56. The van der Waals surface area contributed by atoms with Crippen LogP contribution in [0.15, 0.2) is 68.8 Å². The summed E-state index contributed by atoms with van der Waals surface area (Å²) in [6.45, 7) is 8.57. The average molecular weight is 519 g/mol. The van der Waals surface area contributed by atoms with E-state index in [-0.39, 0.29) is 22.3 Å². The van der Waals surface area contributed by atoms with Crippen LogP contribution in [0, 0.1) is 12.8 Å². The number of amidine groups is 1. The van der Waals surface area contributed by atoms with Crippen LogP contribution in [0.1, 0.15) is 32.3 Å². The second kappa shape index (κ2) is 10.4. The van der Waals surface area contributed by atoms with Crippen LogP contribution in [0.4, 0.5) is 0 Å². The first-order valence-electron chi connectivity index (χ1n) is 12.1. The van der Waals surface area contributed by atoms with E-state index in [9.17, 15) is 16.8 Å². The Hall–Kier alpha value is -2.27. The van der Waals surface area contributed by atoms with Crippen molar-refractivity contribution >= 4 is 25.9 Å². The maximum absolute atomic E-state index is 13.5. The summed E-state index contributed by atoms with van der Waals surface area (Å²) in [6.07, 6.45) is 1.58. The summed E-state index contributed by atoms with van der Waals surface area (Å²) < 4.78 is 59.5. The maximum atomic E-state index is 13.5. The molecule has 2 aliphatic rings. The van der Waals surface area contributed by atoms with Gasteiger partial charge in [0.05, 0.1) is 22.5 Å². The Balaban J connectivity index is 1.73.